The van der Waals surface area contributed by atoms with Crippen LogP contribution < -0.4 is 0 Å². The fourth-order valence-corrected chi connectivity index (χ4v) is 10.0. The number of carbonyl (C=O) groups is 3. The molecule has 0 aromatic carbocycles. The van der Waals surface area contributed by atoms with Gasteiger partial charge in [-0.05, 0) is 51.4 Å². The number of allylic oxidation sites excluding steroid dienone is 4. The smallest absolute Gasteiger partial charge is 0.306 e. The summed E-state index contributed by atoms with van der Waals surface area (Å²) in [5.41, 5.74) is 0. The molecule has 430 valence electrons. The van der Waals surface area contributed by atoms with E-state index in [2.05, 4.69) is 45.1 Å². The molecule has 0 aromatic heterocycles. The Morgan fingerprint density at radius 1 is 0.274 bits per heavy atom. The molecule has 0 fully saturated rings. The quantitative estimate of drug-likeness (QED) is 0.0261. The summed E-state index contributed by atoms with van der Waals surface area (Å²) in [6.45, 7) is 6.67. The molecule has 0 amide bonds. The van der Waals surface area contributed by atoms with Crippen molar-refractivity contribution < 1.29 is 28.6 Å². The van der Waals surface area contributed by atoms with Crippen LogP contribution >= 0.6 is 0 Å². The third-order valence-corrected chi connectivity index (χ3v) is 15.0. The number of unbranched alkanes of at least 4 members (excludes halogenated alkanes) is 46. The summed E-state index contributed by atoms with van der Waals surface area (Å²) in [5, 5.41) is 0. The molecule has 0 aliphatic rings. The number of ether oxygens (including phenoxy) is 3. The first-order valence-electron chi connectivity index (χ1n) is 32.8. The van der Waals surface area contributed by atoms with E-state index < -0.39 is 6.10 Å². The van der Waals surface area contributed by atoms with Gasteiger partial charge in [0.15, 0.2) is 6.10 Å². The Kier molecular flexibility index (Phi) is 60.6. The lowest BCUT2D eigenvalue weighted by molar-refractivity contribution is -0.167. The predicted octanol–water partition coefficient (Wildman–Crippen LogP) is 22.2. The maximum absolute atomic E-state index is 12.8. The van der Waals surface area contributed by atoms with Crippen LogP contribution in [0.4, 0.5) is 0 Å². The van der Waals surface area contributed by atoms with Gasteiger partial charge in [0.1, 0.15) is 13.2 Å². The van der Waals surface area contributed by atoms with Crippen LogP contribution in [-0.2, 0) is 28.6 Å². The molecule has 0 aromatic rings. The Labute approximate surface area is 455 Å². The number of hydrogen-bond acceptors (Lipinski definition) is 6. The van der Waals surface area contributed by atoms with Crippen LogP contribution in [0.25, 0.3) is 0 Å². The average Bonchev–Trinajstić information content (AvgIpc) is 3.39. The molecule has 0 aliphatic heterocycles. The van der Waals surface area contributed by atoms with Gasteiger partial charge in [0.2, 0.25) is 0 Å². The average molecular weight is 1030 g/mol. The zero-order valence-electron chi connectivity index (χ0n) is 49.4. The summed E-state index contributed by atoms with van der Waals surface area (Å²) >= 11 is 0. The van der Waals surface area contributed by atoms with Gasteiger partial charge in [-0.15, -0.1) is 0 Å². The molecule has 1 atom stereocenters. The summed E-state index contributed by atoms with van der Waals surface area (Å²) in [6, 6.07) is 0. The van der Waals surface area contributed by atoms with E-state index in [1.54, 1.807) is 0 Å². The molecule has 0 N–H and O–H groups in total. The lowest BCUT2D eigenvalue weighted by Crippen LogP contribution is -2.30. The van der Waals surface area contributed by atoms with E-state index in [9.17, 15) is 14.4 Å². The van der Waals surface area contributed by atoms with Gasteiger partial charge < -0.3 is 14.2 Å². The Hall–Kier alpha value is -2.11. The first-order valence-corrected chi connectivity index (χ1v) is 32.8. The lowest BCUT2D eigenvalue weighted by Gasteiger charge is -2.18. The van der Waals surface area contributed by atoms with Crippen LogP contribution in [0.5, 0.6) is 0 Å². The van der Waals surface area contributed by atoms with E-state index in [-0.39, 0.29) is 31.1 Å². The second kappa shape index (κ2) is 62.4. The summed E-state index contributed by atoms with van der Waals surface area (Å²) in [6.07, 6.45) is 75.0. The largest absolute Gasteiger partial charge is 0.462 e. The summed E-state index contributed by atoms with van der Waals surface area (Å²) in [7, 11) is 0. The summed E-state index contributed by atoms with van der Waals surface area (Å²) in [5.74, 6) is -0.840. The van der Waals surface area contributed by atoms with Crippen molar-refractivity contribution >= 4 is 17.9 Å². The van der Waals surface area contributed by atoms with E-state index in [0.29, 0.717) is 19.3 Å². The normalized spacial score (nSPS) is 12.1. The van der Waals surface area contributed by atoms with Crippen molar-refractivity contribution in [3.05, 3.63) is 24.3 Å². The molecule has 0 heterocycles. The maximum Gasteiger partial charge on any atom is 0.306 e. The van der Waals surface area contributed by atoms with Gasteiger partial charge in [0, 0.05) is 19.3 Å². The molecule has 0 rings (SSSR count). The third kappa shape index (κ3) is 60.6. The minimum atomic E-state index is -0.764. The SMILES string of the molecule is CCCCCCC/C=C\C/C=C\CCCCCCCCCCCCCCCCCCCCCC(=O)OCC(COC(=O)CCCCCCCCCCC)OC(=O)CCCCCCCCCCCCCCCCC. The van der Waals surface area contributed by atoms with Crippen molar-refractivity contribution in [2.75, 3.05) is 13.2 Å². The molecule has 0 saturated heterocycles. The van der Waals surface area contributed by atoms with E-state index in [0.717, 1.165) is 64.2 Å². The fraction of sp³-hybridized carbons (Fsp3) is 0.896. The zero-order valence-corrected chi connectivity index (χ0v) is 49.4. The van der Waals surface area contributed by atoms with Gasteiger partial charge in [0.25, 0.3) is 0 Å². The van der Waals surface area contributed by atoms with Crippen LogP contribution in [0.1, 0.15) is 367 Å². The van der Waals surface area contributed by atoms with Crippen molar-refractivity contribution in [2.45, 2.75) is 374 Å². The van der Waals surface area contributed by atoms with Crippen molar-refractivity contribution in [1.29, 1.82) is 0 Å². The predicted molar refractivity (Wildman–Crippen MR) is 316 cm³/mol. The van der Waals surface area contributed by atoms with Crippen molar-refractivity contribution in [2.24, 2.45) is 0 Å². The Morgan fingerprint density at radius 2 is 0.493 bits per heavy atom. The Morgan fingerprint density at radius 3 is 0.753 bits per heavy atom. The monoisotopic (exact) mass is 1030 g/mol. The number of esters is 3. The summed E-state index contributed by atoms with van der Waals surface area (Å²) < 4.78 is 16.9. The van der Waals surface area contributed by atoms with Crippen LogP contribution in [0.15, 0.2) is 24.3 Å². The first-order chi connectivity index (χ1) is 36.0. The molecular weight excluding hydrogens is 901 g/mol. The third-order valence-electron chi connectivity index (χ3n) is 15.0. The Balaban J connectivity index is 4.03. The van der Waals surface area contributed by atoms with Crippen molar-refractivity contribution in [1.82, 2.24) is 0 Å². The van der Waals surface area contributed by atoms with Crippen molar-refractivity contribution in [3.8, 4) is 0 Å². The second-order valence-electron chi connectivity index (χ2n) is 22.4. The van der Waals surface area contributed by atoms with Gasteiger partial charge in [-0.1, -0.05) is 321 Å². The van der Waals surface area contributed by atoms with Gasteiger partial charge in [0.05, 0.1) is 0 Å². The standard InChI is InChI=1S/C67H126O6/c1-4-7-10-13-16-19-21-23-25-26-27-28-29-30-31-32-33-34-35-36-37-38-39-40-42-43-45-48-51-54-57-60-66(69)72-63-64(62-71-65(68)59-56-53-50-47-18-15-12-9-6-3)73-67(70)61-58-55-52-49-46-44-41-24-22-20-17-14-11-8-5-2/h21,23,26-27,64H,4-20,22,24-25,28-63H2,1-3H3/b23-21-,27-26-. The molecule has 73 heavy (non-hydrogen) atoms. The van der Waals surface area contributed by atoms with E-state index in [1.165, 1.54) is 263 Å². The van der Waals surface area contributed by atoms with E-state index in [4.69, 9.17) is 14.2 Å². The number of carbonyl (C=O) groups excluding carboxylic acids is 3. The topological polar surface area (TPSA) is 78.9 Å². The highest BCUT2D eigenvalue weighted by Crippen LogP contribution is 2.18. The molecule has 0 spiro atoms. The minimum Gasteiger partial charge on any atom is -0.462 e. The first kappa shape index (κ1) is 70.9. The van der Waals surface area contributed by atoms with Gasteiger partial charge in [-0.3, -0.25) is 14.4 Å². The highest BCUT2D eigenvalue weighted by atomic mass is 16.6. The molecule has 0 aliphatic carbocycles. The van der Waals surface area contributed by atoms with Crippen LogP contribution in [0.3, 0.4) is 0 Å². The highest BCUT2D eigenvalue weighted by molar-refractivity contribution is 5.71. The lowest BCUT2D eigenvalue weighted by atomic mass is 10.0. The highest BCUT2D eigenvalue weighted by Gasteiger charge is 2.19. The minimum absolute atomic E-state index is 0.0639. The van der Waals surface area contributed by atoms with Gasteiger partial charge >= 0.3 is 17.9 Å². The van der Waals surface area contributed by atoms with Gasteiger partial charge in [-0.2, -0.15) is 0 Å². The molecule has 1 unspecified atom stereocenters. The Bertz CT molecular complexity index is 1180. The van der Waals surface area contributed by atoms with E-state index in [1.807, 2.05) is 0 Å². The maximum atomic E-state index is 12.8. The second-order valence-corrected chi connectivity index (χ2v) is 22.4. The number of hydrogen-bond donors (Lipinski definition) is 0. The number of rotatable bonds is 61. The van der Waals surface area contributed by atoms with E-state index >= 15 is 0 Å². The van der Waals surface area contributed by atoms with Gasteiger partial charge in [-0.25, -0.2) is 0 Å². The molecule has 6 heteroatoms. The fourth-order valence-electron chi connectivity index (χ4n) is 10.0. The molecule has 0 bridgehead atoms. The van der Waals surface area contributed by atoms with Crippen LogP contribution in [0.2, 0.25) is 0 Å². The molecular formula is C67H126O6. The van der Waals surface area contributed by atoms with Crippen LogP contribution in [-0.4, -0.2) is 37.2 Å². The molecule has 0 radical (unpaired) electrons. The van der Waals surface area contributed by atoms with Crippen LogP contribution in [0, 0.1) is 0 Å². The van der Waals surface area contributed by atoms with Crippen molar-refractivity contribution in [3.63, 3.8) is 0 Å². The molecule has 6 nitrogen and oxygen atoms in total. The summed E-state index contributed by atoms with van der Waals surface area (Å²) in [4.78, 5) is 38.1. The molecule has 0 saturated carbocycles. The zero-order chi connectivity index (χ0) is 52.9.